The largest absolute Gasteiger partial charge is 0.392 e. The molecule has 122 valence electrons. The first-order valence-corrected chi connectivity index (χ1v) is 7.92. The van der Waals surface area contributed by atoms with Gasteiger partial charge in [-0.05, 0) is 19.1 Å². The van der Waals surface area contributed by atoms with Crippen LogP contribution in [-0.2, 0) is 0 Å². The van der Waals surface area contributed by atoms with Crippen molar-refractivity contribution in [2.24, 2.45) is 0 Å². The highest BCUT2D eigenvalue weighted by Gasteiger charge is 2.25. The summed E-state index contributed by atoms with van der Waals surface area (Å²) in [7, 11) is 0. The first-order valence-electron chi connectivity index (χ1n) is 7.92. The molecule has 1 unspecified atom stereocenters. The lowest BCUT2D eigenvalue weighted by atomic mass is 10.2. The molecule has 1 aliphatic heterocycles. The molecule has 0 radical (unpaired) electrons. The number of rotatable bonds is 4. The van der Waals surface area contributed by atoms with Gasteiger partial charge in [0.1, 0.15) is 5.69 Å². The maximum atomic E-state index is 12.8. The fourth-order valence-corrected chi connectivity index (χ4v) is 2.92. The Hall–Kier alpha value is -2.18. The van der Waals surface area contributed by atoms with Crippen molar-refractivity contribution in [2.45, 2.75) is 13.0 Å². The molecule has 0 saturated carbocycles. The number of hydrogen-bond acceptors (Lipinski definition) is 4. The number of amides is 1. The second-order valence-corrected chi connectivity index (χ2v) is 5.93. The number of aliphatic hydroxyl groups is 1. The van der Waals surface area contributed by atoms with Crippen LogP contribution in [0.3, 0.4) is 0 Å². The maximum Gasteiger partial charge on any atom is 0.272 e. The zero-order chi connectivity index (χ0) is 16.2. The predicted molar refractivity (Wildman–Crippen MR) is 87.6 cm³/mol. The molecule has 1 atom stereocenters. The highest BCUT2D eigenvalue weighted by atomic mass is 16.3. The molecule has 1 aromatic heterocycles. The van der Waals surface area contributed by atoms with E-state index in [0.29, 0.717) is 25.3 Å². The summed E-state index contributed by atoms with van der Waals surface area (Å²) in [5.74, 6) is 0.00282. The fraction of sp³-hybridized carbons (Fsp3) is 0.412. The van der Waals surface area contributed by atoms with E-state index in [2.05, 4.69) is 9.88 Å². The maximum absolute atomic E-state index is 12.8. The topological polar surface area (TPSA) is 61.6 Å². The van der Waals surface area contributed by atoms with Crippen molar-refractivity contribution in [2.75, 3.05) is 32.7 Å². The van der Waals surface area contributed by atoms with Crippen LogP contribution in [0.15, 0.2) is 42.9 Å². The molecule has 6 heteroatoms. The van der Waals surface area contributed by atoms with Gasteiger partial charge in [0.25, 0.3) is 5.91 Å². The number of para-hydroxylation sites is 1. The molecular formula is C17H22N4O2. The van der Waals surface area contributed by atoms with E-state index in [0.717, 1.165) is 18.8 Å². The van der Waals surface area contributed by atoms with Gasteiger partial charge in [0.2, 0.25) is 0 Å². The van der Waals surface area contributed by atoms with E-state index in [-0.39, 0.29) is 12.0 Å². The lowest BCUT2D eigenvalue weighted by molar-refractivity contribution is 0.0547. The van der Waals surface area contributed by atoms with E-state index in [9.17, 15) is 9.90 Å². The second kappa shape index (κ2) is 6.93. The number of imidazole rings is 1. The van der Waals surface area contributed by atoms with Gasteiger partial charge in [-0.2, -0.15) is 0 Å². The Morgan fingerprint density at radius 3 is 2.57 bits per heavy atom. The van der Waals surface area contributed by atoms with Crippen LogP contribution in [0.4, 0.5) is 0 Å². The lowest BCUT2D eigenvalue weighted by Gasteiger charge is -2.35. The molecule has 1 amide bonds. The standard InChI is InChI=1S/C17H22N4O2/c1-14(22)12-19-7-9-20(10-8-19)17(23)16-11-18-13-21(16)15-5-3-2-4-6-15/h2-6,11,13-14,22H,7-10,12H2,1H3. The van der Waals surface area contributed by atoms with Crippen LogP contribution >= 0.6 is 0 Å². The zero-order valence-electron chi connectivity index (χ0n) is 13.3. The van der Waals surface area contributed by atoms with Gasteiger partial charge in [-0.1, -0.05) is 18.2 Å². The van der Waals surface area contributed by atoms with Gasteiger partial charge >= 0.3 is 0 Å². The highest BCUT2D eigenvalue weighted by Crippen LogP contribution is 2.14. The van der Waals surface area contributed by atoms with Gasteiger partial charge in [0, 0.05) is 38.4 Å². The van der Waals surface area contributed by atoms with Gasteiger partial charge in [0.05, 0.1) is 18.6 Å². The number of hydrogen-bond donors (Lipinski definition) is 1. The Labute approximate surface area is 136 Å². The van der Waals surface area contributed by atoms with E-state index < -0.39 is 0 Å². The molecule has 0 spiro atoms. The van der Waals surface area contributed by atoms with Crippen LogP contribution in [0, 0.1) is 0 Å². The first-order chi connectivity index (χ1) is 11.1. The van der Waals surface area contributed by atoms with Crippen molar-refractivity contribution in [1.29, 1.82) is 0 Å². The molecule has 1 N–H and O–H groups in total. The number of β-amino-alcohol motifs (C(OH)–C–C–N with tert-alkyl or cyclic N) is 1. The van der Waals surface area contributed by atoms with Crippen molar-refractivity contribution in [3.8, 4) is 5.69 Å². The molecule has 0 aliphatic carbocycles. The predicted octanol–water partition coefficient (Wildman–Crippen LogP) is 1.01. The van der Waals surface area contributed by atoms with Gasteiger partial charge in [-0.25, -0.2) is 4.98 Å². The fourth-order valence-electron chi connectivity index (χ4n) is 2.92. The number of carbonyl (C=O) groups excluding carboxylic acids is 1. The Morgan fingerprint density at radius 2 is 1.91 bits per heavy atom. The third-order valence-electron chi connectivity index (χ3n) is 4.07. The summed E-state index contributed by atoms with van der Waals surface area (Å²) in [6.07, 6.45) is 2.96. The molecule has 23 heavy (non-hydrogen) atoms. The molecule has 2 aromatic rings. The third-order valence-corrected chi connectivity index (χ3v) is 4.07. The number of piperazine rings is 1. The summed E-state index contributed by atoms with van der Waals surface area (Å²) >= 11 is 0. The molecule has 0 bridgehead atoms. The average molecular weight is 314 g/mol. The minimum Gasteiger partial charge on any atom is -0.392 e. The summed E-state index contributed by atoms with van der Waals surface area (Å²) in [5, 5.41) is 9.46. The van der Waals surface area contributed by atoms with E-state index in [1.54, 1.807) is 19.4 Å². The van der Waals surface area contributed by atoms with Gasteiger partial charge in [-0.15, -0.1) is 0 Å². The highest BCUT2D eigenvalue weighted by molar-refractivity contribution is 5.93. The molecular weight excluding hydrogens is 292 g/mol. The summed E-state index contributed by atoms with van der Waals surface area (Å²) in [6, 6.07) is 9.75. The summed E-state index contributed by atoms with van der Waals surface area (Å²) in [6.45, 7) is 5.36. The van der Waals surface area contributed by atoms with Crippen molar-refractivity contribution < 1.29 is 9.90 Å². The van der Waals surface area contributed by atoms with E-state index in [1.165, 1.54) is 0 Å². The molecule has 6 nitrogen and oxygen atoms in total. The van der Waals surface area contributed by atoms with E-state index >= 15 is 0 Å². The minimum atomic E-state index is -0.336. The van der Waals surface area contributed by atoms with E-state index in [1.807, 2.05) is 39.8 Å². The number of aliphatic hydroxyl groups excluding tert-OH is 1. The summed E-state index contributed by atoms with van der Waals surface area (Å²) in [5.41, 5.74) is 1.52. The quantitative estimate of drug-likeness (QED) is 0.915. The Balaban J connectivity index is 1.70. The molecule has 1 fully saturated rings. The molecule has 1 aliphatic rings. The second-order valence-electron chi connectivity index (χ2n) is 5.93. The molecule has 1 aromatic carbocycles. The van der Waals surface area contributed by atoms with Crippen LogP contribution < -0.4 is 0 Å². The number of aromatic nitrogens is 2. The first kappa shape index (κ1) is 15.7. The third kappa shape index (κ3) is 3.60. The van der Waals surface area contributed by atoms with Crippen molar-refractivity contribution in [3.63, 3.8) is 0 Å². The van der Waals surface area contributed by atoms with Crippen LogP contribution in [0.25, 0.3) is 5.69 Å². The van der Waals surface area contributed by atoms with Gasteiger partial charge < -0.3 is 10.0 Å². The Bertz CT molecular complexity index is 646. The van der Waals surface area contributed by atoms with Crippen LogP contribution in [0.5, 0.6) is 0 Å². The average Bonchev–Trinajstić information content (AvgIpc) is 3.05. The molecule has 1 saturated heterocycles. The zero-order valence-corrected chi connectivity index (χ0v) is 13.3. The summed E-state index contributed by atoms with van der Waals surface area (Å²) in [4.78, 5) is 21.0. The van der Waals surface area contributed by atoms with E-state index in [4.69, 9.17) is 0 Å². The van der Waals surface area contributed by atoms with Crippen LogP contribution in [-0.4, -0.2) is 69.2 Å². The van der Waals surface area contributed by atoms with Gasteiger partial charge in [0.15, 0.2) is 0 Å². The molecule has 3 rings (SSSR count). The van der Waals surface area contributed by atoms with Crippen molar-refractivity contribution in [1.82, 2.24) is 19.4 Å². The van der Waals surface area contributed by atoms with Gasteiger partial charge in [-0.3, -0.25) is 14.3 Å². The normalized spacial score (nSPS) is 17.2. The summed E-state index contributed by atoms with van der Waals surface area (Å²) < 4.78 is 1.82. The Kier molecular flexibility index (Phi) is 4.73. The van der Waals surface area contributed by atoms with Crippen molar-refractivity contribution in [3.05, 3.63) is 48.5 Å². The number of benzene rings is 1. The smallest absolute Gasteiger partial charge is 0.272 e. The minimum absolute atomic E-state index is 0.00282. The number of carbonyl (C=O) groups is 1. The monoisotopic (exact) mass is 314 g/mol. The Morgan fingerprint density at radius 1 is 1.22 bits per heavy atom. The van der Waals surface area contributed by atoms with Crippen molar-refractivity contribution >= 4 is 5.91 Å². The van der Waals surface area contributed by atoms with Crippen LogP contribution in [0.2, 0.25) is 0 Å². The number of nitrogens with zero attached hydrogens (tertiary/aromatic N) is 4. The SMILES string of the molecule is CC(O)CN1CCN(C(=O)c2cncn2-c2ccccc2)CC1. The van der Waals surface area contributed by atoms with Crippen LogP contribution in [0.1, 0.15) is 17.4 Å². The molecule has 2 heterocycles. The lowest BCUT2D eigenvalue weighted by Crippen LogP contribution is -2.50.